The Hall–Kier alpha value is -3.52. The predicted octanol–water partition coefficient (Wildman–Crippen LogP) is 3.34. The lowest BCUT2D eigenvalue weighted by atomic mass is 9.98. The summed E-state index contributed by atoms with van der Waals surface area (Å²) in [6.45, 7) is 9.82. The molecule has 0 aromatic heterocycles. The lowest BCUT2D eigenvalue weighted by Gasteiger charge is -2.31. The zero-order chi connectivity index (χ0) is 27.8. The number of aryl methyl sites for hydroxylation is 2. The first-order chi connectivity index (χ1) is 18.2. The summed E-state index contributed by atoms with van der Waals surface area (Å²) in [5.41, 5.74) is 3.18. The van der Waals surface area contributed by atoms with E-state index in [-0.39, 0.29) is 30.4 Å². The molecule has 0 bridgehead atoms. The topological polar surface area (TPSA) is 105 Å². The highest BCUT2D eigenvalue weighted by molar-refractivity contribution is 6.00. The van der Waals surface area contributed by atoms with Gasteiger partial charge in [-0.2, -0.15) is 0 Å². The third-order valence-electron chi connectivity index (χ3n) is 7.04. The SMILES string of the molecule is CC[C@@H](C=O)NC(=O)[C@@H]1C[C@@H](OCc2ccccc2)CN1C(=O)[C@@H](NC(=O)c1c(C)cccc1C)C(C)C. The molecule has 1 saturated heterocycles. The van der Waals surface area contributed by atoms with Crippen LogP contribution in [-0.2, 0) is 25.7 Å². The van der Waals surface area contributed by atoms with Crippen molar-refractivity contribution in [2.75, 3.05) is 6.54 Å². The first kappa shape index (κ1) is 29.0. The lowest BCUT2D eigenvalue weighted by Crippen LogP contribution is -2.56. The highest BCUT2D eigenvalue weighted by Crippen LogP contribution is 2.25. The molecule has 0 unspecified atom stereocenters. The van der Waals surface area contributed by atoms with Gasteiger partial charge in [0.2, 0.25) is 11.8 Å². The van der Waals surface area contributed by atoms with E-state index in [1.807, 2.05) is 76.2 Å². The number of nitrogens with zero attached hydrogens (tertiary/aromatic N) is 1. The van der Waals surface area contributed by atoms with E-state index >= 15 is 0 Å². The summed E-state index contributed by atoms with van der Waals surface area (Å²) in [6.07, 6.45) is 1.08. The summed E-state index contributed by atoms with van der Waals surface area (Å²) in [5, 5.41) is 5.67. The van der Waals surface area contributed by atoms with Crippen molar-refractivity contribution in [1.82, 2.24) is 15.5 Å². The molecule has 8 nitrogen and oxygen atoms in total. The number of carbonyl (C=O) groups is 4. The van der Waals surface area contributed by atoms with Gasteiger partial charge in [-0.15, -0.1) is 0 Å². The van der Waals surface area contributed by atoms with E-state index in [1.54, 1.807) is 6.92 Å². The summed E-state index contributed by atoms with van der Waals surface area (Å²) in [7, 11) is 0. The van der Waals surface area contributed by atoms with Crippen LogP contribution in [0.2, 0.25) is 0 Å². The molecule has 3 rings (SSSR count). The van der Waals surface area contributed by atoms with E-state index in [0.29, 0.717) is 31.3 Å². The monoisotopic (exact) mass is 521 g/mol. The number of hydrogen-bond donors (Lipinski definition) is 2. The third kappa shape index (κ3) is 7.07. The van der Waals surface area contributed by atoms with Crippen LogP contribution in [0.15, 0.2) is 48.5 Å². The maximum atomic E-state index is 13.9. The molecule has 1 aliphatic rings. The van der Waals surface area contributed by atoms with Crippen LogP contribution in [0.25, 0.3) is 0 Å². The normalized spacial score (nSPS) is 18.6. The Morgan fingerprint density at radius 2 is 1.68 bits per heavy atom. The Labute approximate surface area is 225 Å². The number of aldehydes is 1. The van der Waals surface area contributed by atoms with Gasteiger partial charge in [-0.05, 0) is 42.9 Å². The Balaban J connectivity index is 1.82. The zero-order valence-corrected chi connectivity index (χ0v) is 22.9. The molecule has 1 aliphatic heterocycles. The Morgan fingerprint density at radius 3 is 2.26 bits per heavy atom. The van der Waals surface area contributed by atoms with Gasteiger partial charge in [-0.3, -0.25) is 14.4 Å². The number of benzene rings is 2. The highest BCUT2D eigenvalue weighted by atomic mass is 16.5. The number of rotatable bonds is 11. The standard InChI is InChI=1S/C30H39N3O5/c1-6-23(17-34)31-28(35)25-15-24(38-18-22-13-8-7-9-14-22)16-33(25)30(37)27(19(2)3)32-29(36)26-20(4)11-10-12-21(26)5/h7-14,17,19,23-25,27H,6,15-16,18H2,1-5H3,(H,31,35)(H,32,36)/t23-,24+,25-,27-/m0/s1. The van der Waals surface area contributed by atoms with Gasteiger partial charge in [0.05, 0.1) is 18.8 Å². The van der Waals surface area contributed by atoms with Crippen molar-refractivity contribution in [3.05, 3.63) is 70.8 Å². The summed E-state index contributed by atoms with van der Waals surface area (Å²) in [4.78, 5) is 53.2. The van der Waals surface area contributed by atoms with Gasteiger partial charge in [0.1, 0.15) is 18.4 Å². The van der Waals surface area contributed by atoms with E-state index in [1.165, 1.54) is 4.90 Å². The van der Waals surface area contributed by atoms with E-state index in [4.69, 9.17) is 4.74 Å². The summed E-state index contributed by atoms with van der Waals surface area (Å²) in [5.74, 6) is -1.28. The molecule has 0 aliphatic carbocycles. The van der Waals surface area contributed by atoms with E-state index in [0.717, 1.165) is 16.7 Å². The first-order valence-corrected chi connectivity index (χ1v) is 13.2. The lowest BCUT2D eigenvalue weighted by molar-refractivity contribution is -0.141. The van der Waals surface area contributed by atoms with Crippen molar-refractivity contribution in [1.29, 1.82) is 0 Å². The number of carbonyl (C=O) groups excluding carboxylic acids is 4. The predicted molar refractivity (Wildman–Crippen MR) is 145 cm³/mol. The molecule has 0 spiro atoms. The second-order valence-electron chi connectivity index (χ2n) is 10.3. The van der Waals surface area contributed by atoms with Crippen LogP contribution in [0, 0.1) is 19.8 Å². The quantitative estimate of drug-likeness (QED) is 0.442. The van der Waals surface area contributed by atoms with Crippen LogP contribution in [0.3, 0.4) is 0 Å². The van der Waals surface area contributed by atoms with E-state index in [9.17, 15) is 19.2 Å². The molecular formula is C30H39N3O5. The summed E-state index contributed by atoms with van der Waals surface area (Å²) in [6, 6.07) is 13.0. The maximum absolute atomic E-state index is 13.9. The second kappa shape index (κ2) is 13.3. The third-order valence-corrected chi connectivity index (χ3v) is 7.04. The fraction of sp³-hybridized carbons (Fsp3) is 0.467. The molecule has 3 amide bonds. The number of amides is 3. The molecule has 4 atom stereocenters. The van der Waals surface area contributed by atoms with Crippen LogP contribution in [0.1, 0.15) is 60.7 Å². The molecule has 2 N–H and O–H groups in total. The largest absolute Gasteiger partial charge is 0.372 e. The number of likely N-dealkylation sites (tertiary alicyclic amines) is 1. The molecule has 1 fully saturated rings. The molecule has 0 saturated carbocycles. The van der Waals surface area contributed by atoms with Crippen LogP contribution in [-0.4, -0.2) is 59.7 Å². The van der Waals surface area contributed by atoms with Crippen LogP contribution in [0.5, 0.6) is 0 Å². The van der Waals surface area contributed by atoms with Gasteiger partial charge in [0.15, 0.2) is 0 Å². The number of nitrogens with one attached hydrogen (secondary N) is 2. The molecule has 0 radical (unpaired) electrons. The first-order valence-electron chi connectivity index (χ1n) is 13.2. The van der Waals surface area contributed by atoms with Crippen LogP contribution >= 0.6 is 0 Å². The Kier molecular flexibility index (Phi) is 10.2. The van der Waals surface area contributed by atoms with Crippen LogP contribution < -0.4 is 10.6 Å². The number of ether oxygens (including phenoxy) is 1. The van der Waals surface area contributed by atoms with Gasteiger partial charge in [-0.25, -0.2) is 0 Å². The van der Waals surface area contributed by atoms with Crippen molar-refractivity contribution in [2.24, 2.45) is 5.92 Å². The van der Waals surface area contributed by atoms with Crippen molar-refractivity contribution < 1.29 is 23.9 Å². The van der Waals surface area contributed by atoms with E-state index in [2.05, 4.69) is 10.6 Å². The highest BCUT2D eigenvalue weighted by Gasteiger charge is 2.43. The minimum Gasteiger partial charge on any atom is -0.372 e. The number of hydrogen-bond acceptors (Lipinski definition) is 5. The average Bonchev–Trinajstić information content (AvgIpc) is 3.33. The van der Waals surface area contributed by atoms with Crippen molar-refractivity contribution in [3.63, 3.8) is 0 Å². The Bertz CT molecular complexity index is 1110. The van der Waals surface area contributed by atoms with Gasteiger partial charge in [0, 0.05) is 18.5 Å². The fourth-order valence-electron chi connectivity index (χ4n) is 4.79. The smallest absolute Gasteiger partial charge is 0.252 e. The van der Waals surface area contributed by atoms with Crippen molar-refractivity contribution in [2.45, 2.75) is 78.3 Å². The van der Waals surface area contributed by atoms with Gasteiger partial charge >= 0.3 is 0 Å². The zero-order valence-electron chi connectivity index (χ0n) is 22.9. The summed E-state index contributed by atoms with van der Waals surface area (Å²) >= 11 is 0. The summed E-state index contributed by atoms with van der Waals surface area (Å²) < 4.78 is 6.10. The fourth-order valence-corrected chi connectivity index (χ4v) is 4.79. The molecule has 2 aromatic carbocycles. The molecule has 2 aromatic rings. The van der Waals surface area contributed by atoms with Crippen molar-refractivity contribution in [3.8, 4) is 0 Å². The molecule has 204 valence electrons. The van der Waals surface area contributed by atoms with Gasteiger partial charge < -0.3 is 25.1 Å². The molecular weight excluding hydrogens is 482 g/mol. The van der Waals surface area contributed by atoms with E-state index < -0.39 is 24.0 Å². The maximum Gasteiger partial charge on any atom is 0.252 e. The second-order valence-corrected chi connectivity index (χ2v) is 10.3. The molecule has 8 heteroatoms. The molecule has 38 heavy (non-hydrogen) atoms. The minimum absolute atomic E-state index is 0.212. The molecule has 1 heterocycles. The van der Waals surface area contributed by atoms with Crippen LogP contribution in [0.4, 0.5) is 0 Å². The van der Waals surface area contributed by atoms with Gasteiger partial charge in [-0.1, -0.05) is 69.3 Å². The van der Waals surface area contributed by atoms with Crippen molar-refractivity contribution >= 4 is 24.0 Å². The van der Waals surface area contributed by atoms with Gasteiger partial charge in [0.25, 0.3) is 5.91 Å². The minimum atomic E-state index is -0.835. The average molecular weight is 522 g/mol. The Morgan fingerprint density at radius 1 is 1.03 bits per heavy atom.